The van der Waals surface area contributed by atoms with Crippen LogP contribution in [0.25, 0.3) is 0 Å². The second kappa shape index (κ2) is 4.40. The minimum absolute atomic E-state index is 0.708. The standard InChI is InChI=1S/C9H11BrN4S/c1-6-7(2)15-9(11-6)5-14-4-8(3-10)12-13-14/h4H,3,5H2,1-2H3. The summed E-state index contributed by atoms with van der Waals surface area (Å²) in [4.78, 5) is 5.73. The van der Waals surface area contributed by atoms with Crippen molar-refractivity contribution in [3.8, 4) is 0 Å². The van der Waals surface area contributed by atoms with Crippen molar-refractivity contribution in [2.24, 2.45) is 0 Å². The summed E-state index contributed by atoms with van der Waals surface area (Å²) in [6.45, 7) is 4.82. The van der Waals surface area contributed by atoms with Gasteiger partial charge in [0.1, 0.15) is 5.01 Å². The van der Waals surface area contributed by atoms with Crippen molar-refractivity contribution in [2.75, 3.05) is 0 Å². The third kappa shape index (κ3) is 2.43. The maximum atomic E-state index is 4.46. The van der Waals surface area contributed by atoms with E-state index in [0.29, 0.717) is 6.54 Å². The molecule has 0 aromatic carbocycles. The minimum Gasteiger partial charge on any atom is -0.245 e. The van der Waals surface area contributed by atoms with Crippen molar-refractivity contribution in [1.82, 2.24) is 20.0 Å². The van der Waals surface area contributed by atoms with Gasteiger partial charge in [-0.05, 0) is 13.8 Å². The fourth-order valence-electron chi connectivity index (χ4n) is 1.22. The molecule has 0 fully saturated rings. The maximum absolute atomic E-state index is 4.46. The number of rotatable bonds is 3. The largest absolute Gasteiger partial charge is 0.245 e. The average Bonchev–Trinajstić information content (AvgIpc) is 2.76. The Kier molecular flexibility index (Phi) is 3.16. The van der Waals surface area contributed by atoms with Crippen LogP contribution in [0.3, 0.4) is 0 Å². The molecular formula is C9H11BrN4S. The molecule has 0 unspecified atom stereocenters. The van der Waals surface area contributed by atoms with E-state index in [1.54, 1.807) is 11.3 Å². The van der Waals surface area contributed by atoms with Gasteiger partial charge in [0.2, 0.25) is 0 Å². The second-order valence-corrected chi connectivity index (χ2v) is 5.14. The van der Waals surface area contributed by atoms with Crippen LogP contribution >= 0.6 is 27.3 Å². The molecule has 0 spiro atoms. The molecule has 0 saturated heterocycles. The van der Waals surface area contributed by atoms with Crippen LogP contribution in [-0.4, -0.2) is 20.0 Å². The van der Waals surface area contributed by atoms with Crippen LogP contribution in [0.1, 0.15) is 21.3 Å². The molecule has 0 saturated carbocycles. The van der Waals surface area contributed by atoms with Crippen LogP contribution in [0.4, 0.5) is 0 Å². The van der Waals surface area contributed by atoms with E-state index >= 15 is 0 Å². The third-order valence-corrected chi connectivity index (χ3v) is 3.73. The molecule has 2 heterocycles. The van der Waals surface area contributed by atoms with Gasteiger partial charge in [-0.2, -0.15) is 0 Å². The van der Waals surface area contributed by atoms with E-state index in [1.165, 1.54) is 4.88 Å². The summed E-state index contributed by atoms with van der Waals surface area (Å²) in [6.07, 6.45) is 1.93. The Morgan fingerprint density at radius 2 is 2.27 bits per heavy atom. The van der Waals surface area contributed by atoms with Crippen molar-refractivity contribution in [1.29, 1.82) is 0 Å². The average molecular weight is 287 g/mol. The number of halogens is 1. The van der Waals surface area contributed by atoms with Gasteiger partial charge in [-0.1, -0.05) is 21.1 Å². The molecule has 0 radical (unpaired) electrons. The molecule has 0 aliphatic rings. The molecule has 0 amide bonds. The molecule has 2 rings (SSSR count). The Bertz CT molecular complexity index is 443. The predicted molar refractivity (Wildman–Crippen MR) is 63.3 cm³/mol. The Morgan fingerprint density at radius 1 is 1.47 bits per heavy atom. The van der Waals surface area contributed by atoms with Crippen LogP contribution < -0.4 is 0 Å². The molecule has 0 atom stereocenters. The minimum atomic E-state index is 0.708. The van der Waals surface area contributed by atoms with Crippen LogP contribution in [0.2, 0.25) is 0 Å². The summed E-state index contributed by atoms with van der Waals surface area (Å²) < 4.78 is 1.81. The number of hydrogen-bond acceptors (Lipinski definition) is 4. The third-order valence-electron chi connectivity index (χ3n) is 2.09. The quantitative estimate of drug-likeness (QED) is 0.814. The number of nitrogens with zero attached hydrogens (tertiary/aromatic N) is 4. The van der Waals surface area contributed by atoms with Gasteiger partial charge < -0.3 is 0 Å². The number of hydrogen-bond donors (Lipinski definition) is 0. The maximum Gasteiger partial charge on any atom is 0.115 e. The normalized spacial score (nSPS) is 10.9. The SMILES string of the molecule is Cc1nc(Cn2cc(CBr)nn2)sc1C. The topological polar surface area (TPSA) is 43.6 Å². The number of aromatic nitrogens is 4. The zero-order chi connectivity index (χ0) is 10.8. The first-order valence-electron chi connectivity index (χ1n) is 4.57. The summed E-state index contributed by atoms with van der Waals surface area (Å²) in [7, 11) is 0. The second-order valence-electron chi connectivity index (χ2n) is 3.29. The van der Waals surface area contributed by atoms with Crippen molar-refractivity contribution < 1.29 is 0 Å². The molecule has 0 N–H and O–H groups in total. The Morgan fingerprint density at radius 3 is 2.80 bits per heavy atom. The molecule has 15 heavy (non-hydrogen) atoms. The molecular weight excluding hydrogens is 276 g/mol. The molecule has 6 heteroatoms. The van der Waals surface area contributed by atoms with Gasteiger partial charge in [-0.25, -0.2) is 9.67 Å². The highest BCUT2D eigenvalue weighted by Crippen LogP contribution is 2.17. The summed E-state index contributed by atoms with van der Waals surface area (Å²) in [6, 6.07) is 0. The van der Waals surface area contributed by atoms with Crippen molar-refractivity contribution in [3.63, 3.8) is 0 Å². The van der Waals surface area contributed by atoms with Crippen molar-refractivity contribution in [3.05, 3.63) is 27.5 Å². The summed E-state index contributed by atoms with van der Waals surface area (Å²) in [5.74, 6) is 0. The zero-order valence-corrected chi connectivity index (χ0v) is 11.0. The summed E-state index contributed by atoms with van der Waals surface area (Å²) >= 11 is 5.06. The first-order chi connectivity index (χ1) is 7.19. The summed E-state index contributed by atoms with van der Waals surface area (Å²) in [5, 5.41) is 9.85. The number of alkyl halides is 1. The molecule has 0 aliphatic heterocycles. The Labute approximate surface area is 100 Å². The lowest BCUT2D eigenvalue weighted by molar-refractivity contribution is 0.646. The monoisotopic (exact) mass is 286 g/mol. The summed E-state index contributed by atoms with van der Waals surface area (Å²) in [5.41, 5.74) is 2.05. The van der Waals surface area contributed by atoms with E-state index in [1.807, 2.05) is 17.8 Å². The molecule has 2 aromatic heterocycles. The van der Waals surface area contributed by atoms with Crippen LogP contribution in [0, 0.1) is 13.8 Å². The van der Waals surface area contributed by atoms with E-state index in [4.69, 9.17) is 0 Å². The van der Waals surface area contributed by atoms with Gasteiger partial charge in [0.15, 0.2) is 0 Å². The first-order valence-corrected chi connectivity index (χ1v) is 6.50. The van der Waals surface area contributed by atoms with Gasteiger partial charge in [0, 0.05) is 16.4 Å². The number of aryl methyl sites for hydroxylation is 2. The van der Waals surface area contributed by atoms with Crippen LogP contribution in [0.5, 0.6) is 0 Å². The van der Waals surface area contributed by atoms with E-state index < -0.39 is 0 Å². The molecule has 80 valence electrons. The predicted octanol–water partition coefficient (Wildman–Crippen LogP) is 2.29. The van der Waals surface area contributed by atoms with Crippen LogP contribution in [0.15, 0.2) is 6.20 Å². The first kappa shape index (κ1) is 10.8. The molecule has 0 aliphatic carbocycles. The number of thiazole rings is 1. The lowest BCUT2D eigenvalue weighted by Gasteiger charge is -1.93. The van der Waals surface area contributed by atoms with Crippen molar-refractivity contribution >= 4 is 27.3 Å². The highest BCUT2D eigenvalue weighted by Gasteiger charge is 2.05. The lowest BCUT2D eigenvalue weighted by Crippen LogP contribution is -1.99. The van der Waals surface area contributed by atoms with Gasteiger partial charge in [-0.3, -0.25) is 0 Å². The van der Waals surface area contributed by atoms with Gasteiger partial charge in [0.05, 0.1) is 17.9 Å². The smallest absolute Gasteiger partial charge is 0.115 e. The van der Waals surface area contributed by atoms with E-state index in [0.717, 1.165) is 21.7 Å². The van der Waals surface area contributed by atoms with E-state index in [2.05, 4.69) is 38.1 Å². The highest BCUT2D eigenvalue weighted by atomic mass is 79.9. The molecule has 4 nitrogen and oxygen atoms in total. The highest BCUT2D eigenvalue weighted by molar-refractivity contribution is 9.08. The molecule has 0 bridgehead atoms. The Hall–Kier alpha value is -0.750. The fourth-order valence-corrected chi connectivity index (χ4v) is 2.41. The lowest BCUT2D eigenvalue weighted by atomic mass is 10.4. The van der Waals surface area contributed by atoms with Gasteiger partial charge >= 0.3 is 0 Å². The van der Waals surface area contributed by atoms with E-state index in [9.17, 15) is 0 Å². The van der Waals surface area contributed by atoms with Crippen LogP contribution in [-0.2, 0) is 11.9 Å². The van der Waals surface area contributed by atoms with Gasteiger partial charge in [-0.15, -0.1) is 16.4 Å². The molecule has 2 aromatic rings. The fraction of sp³-hybridized carbons (Fsp3) is 0.444. The van der Waals surface area contributed by atoms with Gasteiger partial charge in [0.25, 0.3) is 0 Å². The Balaban J connectivity index is 2.14. The zero-order valence-electron chi connectivity index (χ0n) is 8.57. The van der Waals surface area contributed by atoms with E-state index in [-0.39, 0.29) is 0 Å². The van der Waals surface area contributed by atoms with Crippen molar-refractivity contribution in [2.45, 2.75) is 25.7 Å².